The van der Waals surface area contributed by atoms with E-state index in [1.54, 1.807) is 22.1 Å². The van der Waals surface area contributed by atoms with Crippen molar-refractivity contribution in [2.24, 2.45) is 0 Å². The smallest absolute Gasteiger partial charge is 0.277 e. The van der Waals surface area contributed by atoms with Gasteiger partial charge in [-0.1, -0.05) is 11.3 Å². The van der Waals surface area contributed by atoms with Gasteiger partial charge in [-0.15, -0.1) is 11.3 Å². The Balaban J connectivity index is 1.66. The zero-order chi connectivity index (χ0) is 16.8. The number of rotatable bonds is 3. The average molecular weight is 357 g/mol. The van der Waals surface area contributed by atoms with Gasteiger partial charge >= 0.3 is 0 Å². The van der Waals surface area contributed by atoms with E-state index in [9.17, 15) is 4.79 Å². The van der Waals surface area contributed by atoms with Gasteiger partial charge in [-0.05, 0) is 39.0 Å². The van der Waals surface area contributed by atoms with Crippen molar-refractivity contribution in [1.29, 1.82) is 0 Å². The number of aryl methyl sites for hydroxylation is 1. The molecular weight excluding hydrogens is 342 g/mol. The molecule has 0 spiro atoms. The van der Waals surface area contributed by atoms with Gasteiger partial charge in [-0.25, -0.2) is 9.97 Å². The predicted molar refractivity (Wildman–Crippen MR) is 98.1 cm³/mol. The van der Waals surface area contributed by atoms with E-state index in [1.165, 1.54) is 11.3 Å². The lowest BCUT2D eigenvalue weighted by molar-refractivity contribution is 0.102. The number of thiazole rings is 2. The van der Waals surface area contributed by atoms with Gasteiger partial charge in [0.05, 0.1) is 25.4 Å². The number of nitrogens with zero attached hydrogens (tertiary/aromatic N) is 4. The van der Waals surface area contributed by atoms with E-state index in [-0.39, 0.29) is 11.9 Å². The fourth-order valence-corrected chi connectivity index (χ4v) is 4.45. The predicted octanol–water partition coefficient (Wildman–Crippen LogP) is 4.24. The third kappa shape index (κ3) is 2.57. The Morgan fingerprint density at radius 3 is 2.54 bits per heavy atom. The maximum atomic E-state index is 12.4. The summed E-state index contributed by atoms with van der Waals surface area (Å²) < 4.78 is 3.94. The molecule has 1 N–H and O–H groups in total. The Morgan fingerprint density at radius 1 is 1.12 bits per heavy atom. The number of anilines is 1. The van der Waals surface area contributed by atoms with Gasteiger partial charge in [-0.3, -0.25) is 14.8 Å². The van der Waals surface area contributed by atoms with Crippen LogP contribution in [0.4, 0.5) is 5.13 Å². The Morgan fingerprint density at radius 2 is 1.83 bits per heavy atom. The number of aromatic nitrogens is 4. The molecule has 4 rings (SSSR count). The average Bonchev–Trinajstić information content (AvgIpc) is 3.22. The lowest BCUT2D eigenvalue weighted by Crippen LogP contribution is -2.13. The molecule has 1 amide bonds. The minimum absolute atomic E-state index is 0.219. The molecule has 8 heteroatoms. The van der Waals surface area contributed by atoms with Crippen LogP contribution in [-0.2, 0) is 0 Å². The zero-order valence-corrected chi connectivity index (χ0v) is 15.0. The van der Waals surface area contributed by atoms with Crippen molar-refractivity contribution in [2.75, 3.05) is 5.32 Å². The van der Waals surface area contributed by atoms with Gasteiger partial charge in [0.2, 0.25) is 0 Å². The van der Waals surface area contributed by atoms with Gasteiger partial charge in [0.15, 0.2) is 10.8 Å². The summed E-state index contributed by atoms with van der Waals surface area (Å²) in [4.78, 5) is 21.4. The lowest BCUT2D eigenvalue weighted by Gasteiger charge is -2.03. The maximum Gasteiger partial charge on any atom is 0.277 e. The van der Waals surface area contributed by atoms with Crippen molar-refractivity contribution < 1.29 is 4.79 Å². The highest BCUT2D eigenvalue weighted by atomic mass is 32.1. The van der Waals surface area contributed by atoms with Crippen LogP contribution >= 0.6 is 22.7 Å². The van der Waals surface area contributed by atoms with E-state index < -0.39 is 0 Å². The first kappa shape index (κ1) is 15.2. The van der Waals surface area contributed by atoms with Crippen molar-refractivity contribution in [2.45, 2.75) is 26.8 Å². The third-order valence-corrected chi connectivity index (χ3v) is 5.75. The number of carbonyl (C=O) groups is 1. The number of hydrogen-bond acceptors (Lipinski definition) is 6. The largest absolute Gasteiger partial charge is 0.296 e. The maximum absolute atomic E-state index is 12.4. The monoisotopic (exact) mass is 357 g/mol. The second-order valence-electron chi connectivity index (χ2n) is 5.74. The summed E-state index contributed by atoms with van der Waals surface area (Å²) in [6, 6.07) is 5.84. The second-order valence-corrected chi connectivity index (χ2v) is 7.95. The molecule has 1 aromatic carbocycles. The van der Waals surface area contributed by atoms with Gasteiger partial charge in [0.1, 0.15) is 0 Å². The number of carbonyl (C=O) groups excluding carboxylic acids is 1. The van der Waals surface area contributed by atoms with Crippen LogP contribution < -0.4 is 5.32 Å². The molecule has 0 radical (unpaired) electrons. The third-order valence-electron chi connectivity index (χ3n) is 3.61. The van der Waals surface area contributed by atoms with E-state index in [1.807, 2.05) is 39.1 Å². The molecule has 0 aliphatic rings. The van der Waals surface area contributed by atoms with Crippen molar-refractivity contribution in [3.05, 3.63) is 35.1 Å². The quantitative estimate of drug-likeness (QED) is 0.595. The first-order valence-corrected chi connectivity index (χ1v) is 9.18. The summed E-state index contributed by atoms with van der Waals surface area (Å²) in [5.74, 6) is -0.245. The summed E-state index contributed by atoms with van der Waals surface area (Å²) in [7, 11) is 0. The van der Waals surface area contributed by atoms with Crippen molar-refractivity contribution in [1.82, 2.24) is 19.7 Å². The summed E-state index contributed by atoms with van der Waals surface area (Å²) >= 11 is 3.12. The molecule has 0 atom stereocenters. The molecule has 122 valence electrons. The number of amides is 1. The Labute approximate surface area is 146 Å². The van der Waals surface area contributed by atoms with E-state index in [4.69, 9.17) is 0 Å². The molecule has 24 heavy (non-hydrogen) atoms. The number of nitrogens with one attached hydrogen (secondary N) is 1. The number of hydrogen-bond donors (Lipinski definition) is 1. The number of fused-ring (bicyclic) bond motifs is 3. The minimum Gasteiger partial charge on any atom is -0.296 e. The molecule has 0 saturated carbocycles. The first-order valence-electron chi connectivity index (χ1n) is 7.54. The van der Waals surface area contributed by atoms with Crippen LogP contribution in [0.5, 0.6) is 0 Å². The molecule has 3 aromatic heterocycles. The summed E-state index contributed by atoms with van der Waals surface area (Å²) in [6.45, 7) is 6.03. The molecule has 6 nitrogen and oxygen atoms in total. The molecule has 0 unspecified atom stereocenters. The van der Waals surface area contributed by atoms with Crippen molar-refractivity contribution in [3.63, 3.8) is 0 Å². The standard InChI is InChI=1S/C16H15N5OS2/c1-8(2)21-7-6-12(20-21)15(22)19-16-18-11-5-4-10-13(14(11)24-16)23-9(3)17-10/h4-8H,1-3H3,(H,18,19,22). The van der Waals surface area contributed by atoms with Crippen LogP contribution in [0.2, 0.25) is 0 Å². The highest BCUT2D eigenvalue weighted by Crippen LogP contribution is 2.35. The van der Waals surface area contributed by atoms with Crippen LogP contribution in [0.3, 0.4) is 0 Å². The molecule has 0 fully saturated rings. The Bertz CT molecular complexity index is 1060. The van der Waals surface area contributed by atoms with Gasteiger partial charge in [0.25, 0.3) is 5.91 Å². The van der Waals surface area contributed by atoms with Gasteiger partial charge in [-0.2, -0.15) is 5.10 Å². The highest BCUT2D eigenvalue weighted by Gasteiger charge is 2.15. The number of benzene rings is 1. The minimum atomic E-state index is -0.245. The second kappa shape index (κ2) is 5.64. The molecule has 4 aromatic rings. The summed E-state index contributed by atoms with van der Waals surface area (Å²) in [5, 5.41) is 8.74. The fraction of sp³-hybridized carbons (Fsp3) is 0.250. The Kier molecular flexibility index (Phi) is 3.58. The van der Waals surface area contributed by atoms with E-state index >= 15 is 0 Å². The van der Waals surface area contributed by atoms with Gasteiger partial charge in [0, 0.05) is 12.2 Å². The van der Waals surface area contributed by atoms with E-state index in [0.717, 1.165) is 25.4 Å². The van der Waals surface area contributed by atoms with Crippen molar-refractivity contribution >= 4 is 54.1 Å². The van der Waals surface area contributed by atoms with Crippen LogP contribution in [0, 0.1) is 6.92 Å². The van der Waals surface area contributed by atoms with Gasteiger partial charge < -0.3 is 0 Å². The molecule has 0 aliphatic carbocycles. The summed E-state index contributed by atoms with van der Waals surface area (Å²) in [6.07, 6.45) is 1.81. The lowest BCUT2D eigenvalue weighted by atomic mass is 10.3. The molecule has 0 aliphatic heterocycles. The van der Waals surface area contributed by atoms with E-state index in [0.29, 0.717) is 10.8 Å². The van der Waals surface area contributed by atoms with Crippen LogP contribution in [0.15, 0.2) is 24.4 Å². The van der Waals surface area contributed by atoms with Crippen LogP contribution in [-0.4, -0.2) is 25.7 Å². The molecule has 3 heterocycles. The normalized spacial score (nSPS) is 11.7. The fourth-order valence-electron chi connectivity index (χ4n) is 2.45. The SMILES string of the molecule is Cc1nc2ccc3nc(NC(=O)c4ccn(C(C)C)n4)sc3c2s1. The topological polar surface area (TPSA) is 72.7 Å². The molecule has 0 bridgehead atoms. The molecular formula is C16H15N5OS2. The highest BCUT2D eigenvalue weighted by molar-refractivity contribution is 7.28. The van der Waals surface area contributed by atoms with Crippen LogP contribution in [0.25, 0.3) is 20.4 Å². The van der Waals surface area contributed by atoms with E-state index in [2.05, 4.69) is 20.4 Å². The van der Waals surface area contributed by atoms with Crippen molar-refractivity contribution in [3.8, 4) is 0 Å². The molecule has 0 saturated heterocycles. The Hall–Kier alpha value is -2.32. The summed E-state index contributed by atoms with van der Waals surface area (Å²) in [5.41, 5.74) is 2.24. The van der Waals surface area contributed by atoms with Crippen LogP contribution in [0.1, 0.15) is 35.4 Å². The first-order chi connectivity index (χ1) is 11.5. The zero-order valence-electron chi connectivity index (χ0n) is 13.4.